The second-order valence-corrected chi connectivity index (χ2v) is 9.27. The molecule has 1 amide bonds. The van der Waals surface area contributed by atoms with Gasteiger partial charge in [-0.1, -0.05) is 28.4 Å². The van der Waals surface area contributed by atoms with Crippen LogP contribution in [-0.4, -0.2) is 16.0 Å². The molecule has 0 atom stereocenters. The number of furan rings is 1. The van der Waals surface area contributed by atoms with Crippen molar-refractivity contribution in [2.45, 2.75) is 48.0 Å². The predicted octanol–water partition coefficient (Wildman–Crippen LogP) is 7.33. The Hall–Kier alpha value is -3.09. The molecule has 2 heterocycles. The highest BCUT2D eigenvalue weighted by Crippen LogP contribution is 2.35. The fraction of sp³-hybridized carbons (Fsp3) is 0.269. The molecule has 0 saturated carbocycles. The van der Waals surface area contributed by atoms with Crippen LogP contribution in [0.2, 0.25) is 10.0 Å². The van der Waals surface area contributed by atoms with Crippen molar-refractivity contribution in [1.29, 1.82) is 0 Å². The number of hydrogen-bond acceptors (Lipinski definition) is 5. The van der Waals surface area contributed by atoms with Crippen molar-refractivity contribution in [2.24, 2.45) is 0 Å². The van der Waals surface area contributed by atoms with E-state index in [-0.39, 0.29) is 21.5 Å². The summed E-state index contributed by atoms with van der Waals surface area (Å²) < 4.78 is 10.9. The Morgan fingerprint density at radius 1 is 0.912 bits per heavy atom. The summed E-state index contributed by atoms with van der Waals surface area (Å²) >= 11 is 12.8. The highest BCUT2D eigenvalue weighted by atomic mass is 35.5. The van der Waals surface area contributed by atoms with Crippen LogP contribution in [0, 0.1) is 41.5 Å². The summed E-state index contributed by atoms with van der Waals surface area (Å²) in [6, 6.07) is 6.72. The number of aryl methyl sites for hydroxylation is 1. The zero-order valence-corrected chi connectivity index (χ0v) is 21.4. The number of aromatic nitrogens is 2. The molecule has 0 radical (unpaired) electrons. The van der Waals surface area contributed by atoms with Gasteiger partial charge in [-0.25, -0.2) is 0 Å². The van der Waals surface area contributed by atoms with Gasteiger partial charge in [-0.3, -0.25) is 4.79 Å². The lowest BCUT2D eigenvalue weighted by molar-refractivity contribution is 0.0995. The first-order valence-electron chi connectivity index (χ1n) is 10.8. The van der Waals surface area contributed by atoms with Crippen LogP contribution in [0.15, 0.2) is 33.2 Å². The van der Waals surface area contributed by atoms with Crippen LogP contribution in [0.3, 0.4) is 0 Å². The second kappa shape index (κ2) is 9.28. The van der Waals surface area contributed by atoms with Crippen LogP contribution in [-0.2, 0) is 6.42 Å². The first-order chi connectivity index (χ1) is 16.1. The molecule has 0 fully saturated rings. The van der Waals surface area contributed by atoms with E-state index >= 15 is 0 Å². The number of carbonyl (C=O) groups is 1. The van der Waals surface area contributed by atoms with Gasteiger partial charge in [-0.15, -0.1) is 0 Å². The minimum Gasteiger partial charge on any atom is -0.456 e. The summed E-state index contributed by atoms with van der Waals surface area (Å²) in [5.41, 5.74) is 8.47. The number of nitrogens with one attached hydrogen (secondary N) is 1. The molecule has 0 aliphatic rings. The third-order valence-corrected chi connectivity index (χ3v) is 7.05. The molecular weight excluding hydrogens is 473 g/mol. The fourth-order valence-electron chi connectivity index (χ4n) is 4.03. The summed E-state index contributed by atoms with van der Waals surface area (Å²) in [5.74, 6) is 1.23. The van der Waals surface area contributed by atoms with E-state index in [0.717, 1.165) is 0 Å². The molecule has 1 N–H and O–H groups in total. The third-order valence-electron chi connectivity index (χ3n) is 6.46. The summed E-state index contributed by atoms with van der Waals surface area (Å²) in [6.07, 6.45) is 0.604. The lowest BCUT2D eigenvalue weighted by Crippen LogP contribution is -2.12. The van der Waals surface area contributed by atoms with Crippen molar-refractivity contribution in [3.05, 3.63) is 85.1 Å². The molecule has 0 saturated heterocycles. The lowest BCUT2D eigenvalue weighted by atomic mass is 9.88. The average molecular weight is 498 g/mol. The molecule has 0 spiro atoms. The highest BCUT2D eigenvalue weighted by molar-refractivity contribution is 6.40. The molecular formula is C26H25Cl2N3O3. The summed E-state index contributed by atoms with van der Waals surface area (Å²) in [7, 11) is 0. The summed E-state index contributed by atoms with van der Waals surface area (Å²) in [4.78, 5) is 17.0. The third kappa shape index (κ3) is 4.48. The standard InChI is InChI=1S/C26H25Cl2N3O3/c1-12-13(2)15(4)20(16(5)14(12)3)11-19-7-8-23(33-19)26(32)30-24-21(27)9-18(10-22(24)28)25-29-17(6)34-31-25/h7-10H,11H2,1-6H3,(H,30,32). The van der Waals surface area contributed by atoms with E-state index in [9.17, 15) is 4.79 Å². The SMILES string of the molecule is Cc1nc(-c2cc(Cl)c(NC(=O)c3ccc(Cc4c(C)c(C)c(C)c(C)c4C)o3)c(Cl)c2)no1. The van der Waals surface area contributed by atoms with Crippen LogP contribution >= 0.6 is 23.2 Å². The van der Waals surface area contributed by atoms with Crippen molar-refractivity contribution in [1.82, 2.24) is 10.1 Å². The van der Waals surface area contributed by atoms with Crippen LogP contribution in [0.4, 0.5) is 5.69 Å². The van der Waals surface area contributed by atoms with Crippen molar-refractivity contribution >= 4 is 34.8 Å². The van der Waals surface area contributed by atoms with Gasteiger partial charge in [0, 0.05) is 18.9 Å². The number of rotatable bonds is 5. The first kappa shape index (κ1) is 24.0. The Morgan fingerprint density at radius 2 is 1.50 bits per heavy atom. The average Bonchev–Trinajstić information content (AvgIpc) is 3.45. The quantitative estimate of drug-likeness (QED) is 0.312. The van der Waals surface area contributed by atoms with Gasteiger partial charge in [0.05, 0.1) is 15.7 Å². The molecule has 0 unspecified atom stereocenters. The van der Waals surface area contributed by atoms with E-state index in [1.165, 1.54) is 33.4 Å². The molecule has 34 heavy (non-hydrogen) atoms. The monoisotopic (exact) mass is 497 g/mol. The number of benzene rings is 2. The van der Waals surface area contributed by atoms with Gasteiger partial charge in [-0.2, -0.15) is 4.98 Å². The van der Waals surface area contributed by atoms with Gasteiger partial charge in [0.1, 0.15) is 5.76 Å². The Bertz CT molecular complexity index is 1370. The maximum Gasteiger partial charge on any atom is 0.291 e. The number of nitrogens with zero attached hydrogens (tertiary/aromatic N) is 2. The zero-order valence-electron chi connectivity index (χ0n) is 19.9. The smallest absolute Gasteiger partial charge is 0.291 e. The van der Waals surface area contributed by atoms with E-state index in [4.69, 9.17) is 32.1 Å². The summed E-state index contributed by atoms with van der Waals surface area (Å²) in [6.45, 7) is 12.4. The molecule has 4 rings (SSSR count). The number of carbonyl (C=O) groups excluding carboxylic acids is 1. The number of halogens is 2. The maximum absolute atomic E-state index is 12.9. The van der Waals surface area contributed by atoms with E-state index in [1.807, 2.05) is 6.07 Å². The highest BCUT2D eigenvalue weighted by Gasteiger charge is 2.19. The van der Waals surface area contributed by atoms with Gasteiger partial charge in [0.2, 0.25) is 11.7 Å². The minimum atomic E-state index is -0.442. The van der Waals surface area contributed by atoms with E-state index in [2.05, 4.69) is 50.1 Å². The van der Waals surface area contributed by atoms with Crippen LogP contribution in [0.1, 0.15) is 55.6 Å². The van der Waals surface area contributed by atoms with Gasteiger partial charge in [0.25, 0.3) is 5.91 Å². The first-order valence-corrected chi connectivity index (χ1v) is 11.6. The van der Waals surface area contributed by atoms with E-state index in [0.29, 0.717) is 29.5 Å². The Balaban J connectivity index is 1.55. The molecule has 4 aromatic rings. The number of anilines is 1. The molecule has 2 aromatic carbocycles. The number of hydrogen-bond donors (Lipinski definition) is 1. The molecule has 2 aromatic heterocycles. The predicted molar refractivity (Wildman–Crippen MR) is 134 cm³/mol. The molecule has 0 bridgehead atoms. The van der Waals surface area contributed by atoms with E-state index in [1.54, 1.807) is 25.1 Å². The minimum absolute atomic E-state index is 0.177. The number of amides is 1. The Morgan fingerprint density at radius 3 is 2.06 bits per heavy atom. The Labute approximate surface area is 208 Å². The van der Waals surface area contributed by atoms with Crippen molar-refractivity contribution < 1.29 is 13.7 Å². The van der Waals surface area contributed by atoms with Crippen LogP contribution in [0.5, 0.6) is 0 Å². The van der Waals surface area contributed by atoms with Gasteiger partial charge < -0.3 is 14.3 Å². The van der Waals surface area contributed by atoms with Crippen molar-refractivity contribution in [3.63, 3.8) is 0 Å². The lowest BCUT2D eigenvalue weighted by Gasteiger charge is -2.18. The molecule has 8 heteroatoms. The fourth-order valence-corrected chi connectivity index (χ4v) is 4.61. The van der Waals surface area contributed by atoms with Gasteiger partial charge >= 0.3 is 0 Å². The molecule has 176 valence electrons. The maximum atomic E-state index is 12.9. The summed E-state index contributed by atoms with van der Waals surface area (Å²) in [5, 5.41) is 7.11. The van der Waals surface area contributed by atoms with Gasteiger partial charge in [-0.05, 0) is 92.3 Å². The van der Waals surface area contributed by atoms with Crippen molar-refractivity contribution in [2.75, 3.05) is 5.32 Å². The second-order valence-electron chi connectivity index (χ2n) is 8.45. The van der Waals surface area contributed by atoms with Crippen LogP contribution < -0.4 is 5.32 Å². The van der Waals surface area contributed by atoms with E-state index < -0.39 is 5.91 Å². The van der Waals surface area contributed by atoms with Crippen molar-refractivity contribution in [3.8, 4) is 11.4 Å². The van der Waals surface area contributed by atoms with Gasteiger partial charge in [0.15, 0.2) is 5.76 Å². The molecule has 0 aliphatic heterocycles. The van der Waals surface area contributed by atoms with Crippen LogP contribution in [0.25, 0.3) is 11.4 Å². The molecule has 6 nitrogen and oxygen atoms in total. The largest absolute Gasteiger partial charge is 0.456 e. The Kier molecular flexibility index (Phi) is 6.56. The zero-order chi connectivity index (χ0) is 24.7. The normalized spacial score (nSPS) is 11.2. The molecule has 0 aliphatic carbocycles. The topological polar surface area (TPSA) is 81.2 Å².